The molecule has 1 spiro atoms. The zero-order chi connectivity index (χ0) is 22.4. The highest BCUT2D eigenvalue weighted by molar-refractivity contribution is 5.77. The highest BCUT2D eigenvalue weighted by Crippen LogP contribution is 2.41. The fourth-order valence-electron chi connectivity index (χ4n) is 5.16. The summed E-state index contributed by atoms with van der Waals surface area (Å²) in [6, 6.07) is 18.1. The molecule has 5 heteroatoms. The molecule has 2 aromatic carbocycles. The average molecular weight is 435 g/mol. The van der Waals surface area contributed by atoms with Crippen molar-refractivity contribution in [2.24, 2.45) is 5.41 Å². The summed E-state index contributed by atoms with van der Waals surface area (Å²) in [5.41, 5.74) is 2.46. The van der Waals surface area contributed by atoms with E-state index >= 15 is 0 Å². The second-order valence-corrected chi connectivity index (χ2v) is 9.24. The highest BCUT2D eigenvalue weighted by Gasteiger charge is 2.38. The third kappa shape index (κ3) is 5.32. The Labute approximate surface area is 191 Å². The molecule has 2 aliphatic heterocycles. The molecule has 0 aromatic heterocycles. The second kappa shape index (κ2) is 10.2. The first-order valence-corrected chi connectivity index (χ1v) is 11.8. The van der Waals surface area contributed by atoms with Crippen LogP contribution < -0.4 is 4.74 Å². The van der Waals surface area contributed by atoms with Crippen LogP contribution in [0, 0.1) is 5.41 Å². The Hall–Kier alpha value is -2.82. The van der Waals surface area contributed by atoms with Gasteiger partial charge in [-0.25, -0.2) is 0 Å². The summed E-state index contributed by atoms with van der Waals surface area (Å²) < 4.78 is 5.41. The van der Waals surface area contributed by atoms with Gasteiger partial charge in [0.1, 0.15) is 5.75 Å². The molecule has 32 heavy (non-hydrogen) atoms. The molecule has 4 rings (SSSR count). The second-order valence-electron chi connectivity index (χ2n) is 9.24. The van der Waals surface area contributed by atoms with E-state index in [9.17, 15) is 9.59 Å². The first-order chi connectivity index (χ1) is 15.6. The zero-order valence-corrected chi connectivity index (χ0v) is 19.1. The van der Waals surface area contributed by atoms with Gasteiger partial charge in [-0.3, -0.25) is 9.59 Å². The zero-order valence-electron chi connectivity index (χ0n) is 19.1. The van der Waals surface area contributed by atoms with Crippen molar-refractivity contribution in [3.8, 4) is 5.75 Å². The average Bonchev–Trinajstić information content (AvgIpc) is 2.98. The maximum atomic E-state index is 12.8. The number of methoxy groups -OCH3 is 1. The van der Waals surface area contributed by atoms with Crippen molar-refractivity contribution in [2.45, 2.75) is 51.5 Å². The number of hydrogen-bond acceptors (Lipinski definition) is 3. The smallest absolute Gasteiger partial charge is 0.222 e. The van der Waals surface area contributed by atoms with Gasteiger partial charge in [-0.15, -0.1) is 0 Å². The van der Waals surface area contributed by atoms with Crippen LogP contribution in [0.2, 0.25) is 0 Å². The normalized spacial score (nSPS) is 18.5. The molecule has 2 saturated heterocycles. The van der Waals surface area contributed by atoms with Crippen LogP contribution in [0.15, 0.2) is 54.6 Å². The van der Waals surface area contributed by atoms with Gasteiger partial charge in [0.25, 0.3) is 0 Å². The monoisotopic (exact) mass is 434 g/mol. The van der Waals surface area contributed by atoms with E-state index in [0.29, 0.717) is 25.8 Å². The molecule has 0 N–H and O–H groups in total. The number of aryl methyl sites for hydroxylation is 1. The third-order valence-corrected chi connectivity index (χ3v) is 7.33. The lowest BCUT2D eigenvalue weighted by molar-refractivity contribution is -0.134. The summed E-state index contributed by atoms with van der Waals surface area (Å²) in [4.78, 5) is 29.6. The molecule has 0 radical (unpaired) electrons. The van der Waals surface area contributed by atoms with E-state index in [4.69, 9.17) is 4.74 Å². The minimum atomic E-state index is 0.195. The maximum absolute atomic E-state index is 12.8. The topological polar surface area (TPSA) is 49.9 Å². The van der Waals surface area contributed by atoms with Crippen molar-refractivity contribution in [3.05, 3.63) is 65.7 Å². The molecule has 2 heterocycles. The largest absolute Gasteiger partial charge is 0.496 e. The van der Waals surface area contributed by atoms with E-state index in [1.54, 1.807) is 7.11 Å². The molecule has 0 atom stereocenters. The molecule has 0 saturated carbocycles. The standard InChI is InChI=1S/C27H34N2O3/c1-32-24-10-6-5-9-23(24)11-12-25(30)28-18-15-27(16-19-28)14-13-26(31)29(20-17-27)21-22-7-3-2-4-8-22/h2-10H,11-21H2,1H3. The molecular weight excluding hydrogens is 400 g/mol. The molecule has 2 aliphatic rings. The number of piperidine rings is 1. The van der Waals surface area contributed by atoms with Crippen molar-refractivity contribution in [2.75, 3.05) is 26.7 Å². The van der Waals surface area contributed by atoms with E-state index in [0.717, 1.165) is 56.6 Å². The quantitative estimate of drug-likeness (QED) is 0.675. The summed E-state index contributed by atoms with van der Waals surface area (Å²) in [7, 11) is 1.67. The predicted octanol–water partition coefficient (Wildman–Crippen LogP) is 4.45. The number of para-hydroxylation sites is 1. The third-order valence-electron chi connectivity index (χ3n) is 7.33. The predicted molar refractivity (Wildman–Crippen MR) is 125 cm³/mol. The summed E-state index contributed by atoms with van der Waals surface area (Å²) in [5, 5.41) is 0. The van der Waals surface area contributed by atoms with E-state index < -0.39 is 0 Å². The van der Waals surface area contributed by atoms with Crippen LogP contribution >= 0.6 is 0 Å². The van der Waals surface area contributed by atoms with Crippen molar-refractivity contribution in [1.82, 2.24) is 9.80 Å². The Morgan fingerprint density at radius 3 is 2.38 bits per heavy atom. The van der Waals surface area contributed by atoms with Crippen molar-refractivity contribution in [3.63, 3.8) is 0 Å². The lowest BCUT2D eigenvalue weighted by atomic mass is 9.73. The number of rotatable bonds is 6. The minimum absolute atomic E-state index is 0.195. The molecular formula is C27H34N2O3. The fourth-order valence-corrected chi connectivity index (χ4v) is 5.16. The number of ether oxygens (including phenoxy) is 1. The molecule has 0 unspecified atom stereocenters. The number of benzene rings is 2. The van der Waals surface area contributed by atoms with Gasteiger partial charge >= 0.3 is 0 Å². The van der Waals surface area contributed by atoms with E-state index in [1.165, 1.54) is 5.56 Å². The van der Waals surface area contributed by atoms with Crippen LogP contribution in [0.25, 0.3) is 0 Å². The Kier molecular flexibility index (Phi) is 7.13. The fraction of sp³-hybridized carbons (Fsp3) is 0.481. The number of nitrogens with zero attached hydrogens (tertiary/aromatic N) is 2. The van der Waals surface area contributed by atoms with Crippen molar-refractivity contribution < 1.29 is 14.3 Å². The van der Waals surface area contributed by atoms with Gasteiger partial charge < -0.3 is 14.5 Å². The van der Waals surface area contributed by atoms with Crippen LogP contribution in [0.1, 0.15) is 49.7 Å². The number of carbonyl (C=O) groups excluding carboxylic acids is 2. The van der Waals surface area contributed by atoms with Crippen molar-refractivity contribution >= 4 is 11.8 Å². The van der Waals surface area contributed by atoms with Gasteiger partial charge in [-0.05, 0) is 54.7 Å². The number of likely N-dealkylation sites (tertiary alicyclic amines) is 2. The Morgan fingerprint density at radius 2 is 1.62 bits per heavy atom. The summed E-state index contributed by atoms with van der Waals surface area (Å²) in [5.74, 6) is 1.34. The molecule has 0 aliphatic carbocycles. The van der Waals surface area contributed by atoms with Gasteiger partial charge in [0, 0.05) is 39.0 Å². The lowest BCUT2D eigenvalue weighted by Gasteiger charge is -2.41. The summed E-state index contributed by atoms with van der Waals surface area (Å²) in [6.07, 6.45) is 5.81. The minimum Gasteiger partial charge on any atom is -0.496 e. The number of hydrogen-bond donors (Lipinski definition) is 0. The molecule has 2 fully saturated rings. The van der Waals surface area contributed by atoms with Crippen LogP contribution in [0.5, 0.6) is 5.75 Å². The van der Waals surface area contributed by atoms with Gasteiger partial charge in [-0.1, -0.05) is 48.5 Å². The first-order valence-electron chi connectivity index (χ1n) is 11.8. The molecule has 2 aromatic rings. The molecule has 5 nitrogen and oxygen atoms in total. The Bertz CT molecular complexity index is 920. The number of amides is 2. The van der Waals surface area contributed by atoms with Gasteiger partial charge in [0.15, 0.2) is 0 Å². The Balaban J connectivity index is 1.28. The maximum Gasteiger partial charge on any atom is 0.222 e. The van der Waals surface area contributed by atoms with E-state index in [1.807, 2.05) is 52.3 Å². The number of carbonyl (C=O) groups is 2. The van der Waals surface area contributed by atoms with Crippen LogP contribution in [0.4, 0.5) is 0 Å². The van der Waals surface area contributed by atoms with Gasteiger partial charge in [0.2, 0.25) is 11.8 Å². The molecule has 0 bridgehead atoms. The van der Waals surface area contributed by atoms with Gasteiger partial charge in [-0.2, -0.15) is 0 Å². The first kappa shape index (κ1) is 22.4. The van der Waals surface area contributed by atoms with Crippen molar-refractivity contribution in [1.29, 1.82) is 0 Å². The van der Waals surface area contributed by atoms with Crippen LogP contribution in [-0.2, 0) is 22.6 Å². The summed E-state index contributed by atoms with van der Waals surface area (Å²) in [6.45, 7) is 3.12. The van der Waals surface area contributed by atoms with Gasteiger partial charge in [0.05, 0.1) is 7.11 Å². The van der Waals surface area contributed by atoms with E-state index in [2.05, 4.69) is 12.1 Å². The van der Waals surface area contributed by atoms with Crippen LogP contribution in [0.3, 0.4) is 0 Å². The highest BCUT2D eigenvalue weighted by atomic mass is 16.5. The Morgan fingerprint density at radius 1 is 0.938 bits per heavy atom. The van der Waals surface area contributed by atoms with E-state index in [-0.39, 0.29) is 17.2 Å². The van der Waals surface area contributed by atoms with Crippen LogP contribution in [-0.4, -0.2) is 48.4 Å². The molecule has 170 valence electrons. The SMILES string of the molecule is COc1ccccc1CCC(=O)N1CCC2(CCC(=O)N(Cc3ccccc3)CC2)CC1. The summed E-state index contributed by atoms with van der Waals surface area (Å²) >= 11 is 0. The molecule has 2 amide bonds. The lowest BCUT2D eigenvalue weighted by Crippen LogP contribution is -2.43.